The third-order valence-electron chi connectivity index (χ3n) is 4.54. The largest absolute Gasteiger partial charge is 0.325 e. The number of rotatable bonds is 2. The van der Waals surface area contributed by atoms with Crippen molar-refractivity contribution < 1.29 is 0 Å². The second-order valence-electron chi connectivity index (χ2n) is 5.65. The molecule has 0 spiro atoms. The zero-order valence-corrected chi connectivity index (χ0v) is 9.86. The highest BCUT2D eigenvalue weighted by Crippen LogP contribution is 2.56. The van der Waals surface area contributed by atoms with Crippen molar-refractivity contribution in [2.45, 2.75) is 50.0 Å². The minimum absolute atomic E-state index is 0.165. The van der Waals surface area contributed by atoms with E-state index in [9.17, 15) is 0 Å². The maximum absolute atomic E-state index is 6.59. The molecule has 0 bridgehead atoms. The van der Waals surface area contributed by atoms with E-state index in [0.717, 1.165) is 11.8 Å². The highest BCUT2D eigenvalue weighted by Gasteiger charge is 2.50. The fraction of sp³-hybridized carbons (Fsp3) is 0.600. The number of hydrogen-bond acceptors (Lipinski definition) is 1. The van der Waals surface area contributed by atoms with E-state index in [1.54, 1.807) is 0 Å². The van der Waals surface area contributed by atoms with Crippen molar-refractivity contribution in [1.82, 2.24) is 0 Å². The van der Waals surface area contributed by atoms with Gasteiger partial charge in [-0.05, 0) is 36.7 Å². The van der Waals surface area contributed by atoms with E-state index >= 15 is 0 Å². The molecule has 2 fully saturated rings. The lowest BCUT2D eigenvalue weighted by Gasteiger charge is -2.34. The van der Waals surface area contributed by atoms with Crippen LogP contribution >= 0.6 is 0 Å². The van der Waals surface area contributed by atoms with Gasteiger partial charge in [-0.3, -0.25) is 0 Å². The zero-order chi connectivity index (χ0) is 11.0. The first kappa shape index (κ1) is 10.3. The van der Waals surface area contributed by atoms with Gasteiger partial charge in [0.05, 0.1) is 0 Å². The molecular formula is C15H21N. The van der Waals surface area contributed by atoms with Crippen LogP contribution in [0, 0.1) is 5.92 Å². The summed E-state index contributed by atoms with van der Waals surface area (Å²) in [6, 6.07) is 10.9. The Hall–Kier alpha value is -0.820. The lowest BCUT2D eigenvalue weighted by molar-refractivity contribution is 0.257. The Labute approximate surface area is 98.0 Å². The molecule has 0 heterocycles. The summed E-state index contributed by atoms with van der Waals surface area (Å²) in [5, 5.41) is 0. The predicted molar refractivity (Wildman–Crippen MR) is 67.3 cm³/mol. The monoisotopic (exact) mass is 215 g/mol. The van der Waals surface area contributed by atoms with Gasteiger partial charge in [-0.2, -0.15) is 0 Å². The number of hydrogen-bond donors (Lipinski definition) is 1. The van der Waals surface area contributed by atoms with Crippen molar-refractivity contribution in [2.24, 2.45) is 11.7 Å². The predicted octanol–water partition coefficient (Wildman–Crippen LogP) is 3.45. The molecule has 1 nitrogen and oxygen atoms in total. The Morgan fingerprint density at radius 2 is 1.69 bits per heavy atom. The molecule has 3 rings (SSSR count). The van der Waals surface area contributed by atoms with Crippen molar-refractivity contribution >= 4 is 0 Å². The van der Waals surface area contributed by atoms with Crippen LogP contribution in [0.1, 0.15) is 50.0 Å². The molecule has 16 heavy (non-hydrogen) atoms. The van der Waals surface area contributed by atoms with Crippen molar-refractivity contribution in [3.8, 4) is 0 Å². The molecule has 2 aliphatic rings. The highest BCUT2D eigenvalue weighted by atomic mass is 14.8. The summed E-state index contributed by atoms with van der Waals surface area (Å²) in [6.45, 7) is 0. The fourth-order valence-electron chi connectivity index (χ4n) is 3.48. The summed E-state index contributed by atoms with van der Waals surface area (Å²) in [6.07, 6.45) is 7.90. The quantitative estimate of drug-likeness (QED) is 0.803. The molecule has 0 amide bonds. The van der Waals surface area contributed by atoms with E-state index in [1.165, 1.54) is 44.1 Å². The molecule has 1 aromatic carbocycles. The van der Waals surface area contributed by atoms with Crippen LogP contribution in [0.2, 0.25) is 0 Å². The fourth-order valence-corrected chi connectivity index (χ4v) is 3.48. The molecule has 0 aliphatic heterocycles. The van der Waals surface area contributed by atoms with Gasteiger partial charge in [0.25, 0.3) is 0 Å². The van der Waals surface area contributed by atoms with Crippen molar-refractivity contribution in [3.63, 3.8) is 0 Å². The second-order valence-corrected chi connectivity index (χ2v) is 5.65. The van der Waals surface area contributed by atoms with Crippen LogP contribution in [0.25, 0.3) is 0 Å². The average molecular weight is 215 g/mol. The Morgan fingerprint density at radius 1 is 1.00 bits per heavy atom. The minimum atomic E-state index is 0.165. The Balaban J connectivity index is 1.71. The van der Waals surface area contributed by atoms with E-state index in [-0.39, 0.29) is 5.54 Å². The van der Waals surface area contributed by atoms with Gasteiger partial charge in [-0.15, -0.1) is 0 Å². The first-order valence-corrected chi connectivity index (χ1v) is 6.63. The Morgan fingerprint density at radius 3 is 2.38 bits per heavy atom. The van der Waals surface area contributed by atoms with Crippen LogP contribution in [0.15, 0.2) is 30.3 Å². The molecule has 2 atom stereocenters. The third kappa shape index (κ3) is 1.78. The summed E-state index contributed by atoms with van der Waals surface area (Å²) in [5.74, 6) is 1.51. The van der Waals surface area contributed by atoms with Gasteiger partial charge in [0, 0.05) is 5.54 Å². The number of benzene rings is 1. The van der Waals surface area contributed by atoms with Gasteiger partial charge >= 0.3 is 0 Å². The molecule has 86 valence electrons. The Bertz CT molecular complexity index is 351. The summed E-state index contributed by atoms with van der Waals surface area (Å²) in [4.78, 5) is 0. The normalized spacial score (nSPS) is 32.3. The summed E-state index contributed by atoms with van der Waals surface area (Å²) in [7, 11) is 0. The SMILES string of the molecule is NC1(C2CC2c2ccccc2)CCCCC1. The Kier molecular flexibility index (Phi) is 2.51. The molecular weight excluding hydrogens is 194 g/mol. The topological polar surface area (TPSA) is 26.0 Å². The smallest absolute Gasteiger partial charge is 0.0188 e. The molecule has 2 saturated carbocycles. The maximum Gasteiger partial charge on any atom is 0.0188 e. The van der Waals surface area contributed by atoms with Crippen molar-refractivity contribution in [1.29, 1.82) is 0 Å². The molecule has 0 saturated heterocycles. The molecule has 0 radical (unpaired) electrons. The molecule has 2 aliphatic carbocycles. The molecule has 1 aromatic rings. The molecule has 1 heteroatoms. The highest BCUT2D eigenvalue weighted by molar-refractivity contribution is 5.28. The van der Waals surface area contributed by atoms with Crippen LogP contribution in [0.3, 0.4) is 0 Å². The van der Waals surface area contributed by atoms with E-state index in [2.05, 4.69) is 30.3 Å². The van der Waals surface area contributed by atoms with Crippen LogP contribution in [-0.4, -0.2) is 5.54 Å². The lowest BCUT2D eigenvalue weighted by Crippen LogP contribution is -2.44. The van der Waals surface area contributed by atoms with Crippen LogP contribution < -0.4 is 5.73 Å². The van der Waals surface area contributed by atoms with Gasteiger partial charge in [0.1, 0.15) is 0 Å². The van der Waals surface area contributed by atoms with Crippen LogP contribution in [-0.2, 0) is 0 Å². The van der Waals surface area contributed by atoms with Crippen molar-refractivity contribution in [2.75, 3.05) is 0 Å². The van der Waals surface area contributed by atoms with Gasteiger partial charge in [0.2, 0.25) is 0 Å². The second kappa shape index (κ2) is 3.89. The van der Waals surface area contributed by atoms with E-state index in [1.807, 2.05) is 0 Å². The van der Waals surface area contributed by atoms with E-state index in [0.29, 0.717) is 0 Å². The first-order valence-electron chi connectivity index (χ1n) is 6.63. The zero-order valence-electron chi connectivity index (χ0n) is 9.86. The van der Waals surface area contributed by atoms with Gasteiger partial charge in [-0.25, -0.2) is 0 Å². The first-order chi connectivity index (χ1) is 7.80. The van der Waals surface area contributed by atoms with Crippen molar-refractivity contribution in [3.05, 3.63) is 35.9 Å². The summed E-state index contributed by atoms with van der Waals surface area (Å²) < 4.78 is 0. The van der Waals surface area contributed by atoms with E-state index in [4.69, 9.17) is 5.73 Å². The maximum atomic E-state index is 6.59. The third-order valence-corrected chi connectivity index (χ3v) is 4.54. The van der Waals surface area contributed by atoms with E-state index < -0.39 is 0 Å². The van der Waals surface area contributed by atoms with Crippen LogP contribution in [0.4, 0.5) is 0 Å². The van der Waals surface area contributed by atoms with Gasteiger partial charge in [0.15, 0.2) is 0 Å². The molecule has 2 unspecified atom stereocenters. The van der Waals surface area contributed by atoms with Gasteiger partial charge < -0.3 is 5.73 Å². The van der Waals surface area contributed by atoms with Crippen LogP contribution in [0.5, 0.6) is 0 Å². The number of nitrogens with two attached hydrogens (primary N) is 1. The molecule has 0 aromatic heterocycles. The summed E-state index contributed by atoms with van der Waals surface area (Å²) in [5.41, 5.74) is 8.26. The van der Waals surface area contributed by atoms with Gasteiger partial charge in [-0.1, -0.05) is 49.6 Å². The lowest BCUT2D eigenvalue weighted by atomic mass is 9.78. The minimum Gasteiger partial charge on any atom is -0.325 e. The summed E-state index contributed by atoms with van der Waals surface area (Å²) >= 11 is 0. The molecule has 2 N–H and O–H groups in total. The standard InChI is InChI=1S/C15H21N/c16-15(9-5-2-6-10-15)14-11-13(14)12-7-3-1-4-8-12/h1,3-4,7-8,13-14H,2,5-6,9-11,16H2. The average Bonchev–Trinajstić information content (AvgIpc) is 3.12.